The van der Waals surface area contributed by atoms with Crippen LogP contribution in [0.25, 0.3) is 0 Å². The van der Waals surface area contributed by atoms with Crippen molar-refractivity contribution in [3.8, 4) is 0 Å². The highest BCUT2D eigenvalue weighted by molar-refractivity contribution is 7.84. The molecule has 0 radical (unpaired) electrons. The van der Waals surface area contributed by atoms with E-state index in [2.05, 4.69) is 19.6 Å². The molecule has 196 valence electrons. The zero-order chi connectivity index (χ0) is 26.2. The number of nitrogens with one attached hydrogen (secondary N) is 1. The van der Waals surface area contributed by atoms with Crippen LogP contribution >= 0.6 is 0 Å². The maximum absolute atomic E-state index is 14.0. The number of halogens is 2. The molecule has 1 spiro atoms. The van der Waals surface area contributed by atoms with Gasteiger partial charge in [0.05, 0.1) is 39.7 Å². The first-order valence-corrected chi connectivity index (χ1v) is 13.7. The zero-order valence-electron chi connectivity index (χ0n) is 21.3. The second-order valence-electron chi connectivity index (χ2n) is 10.8. The SMILES string of the molecule is CC(C)(C)S(=O)NC(c1ccc(F)c(F)c1)c1ccc(CN2CCC3(CC2)OCc2ccncc23)cn1. The van der Waals surface area contributed by atoms with Gasteiger partial charge in [0.2, 0.25) is 0 Å². The van der Waals surface area contributed by atoms with Crippen LogP contribution < -0.4 is 4.72 Å². The second kappa shape index (κ2) is 10.3. The van der Waals surface area contributed by atoms with Crippen molar-refractivity contribution in [1.82, 2.24) is 19.6 Å². The highest BCUT2D eigenvalue weighted by Crippen LogP contribution is 2.43. The van der Waals surface area contributed by atoms with E-state index in [1.54, 1.807) is 6.20 Å². The fraction of sp³-hybridized carbons (Fsp3) is 0.429. The largest absolute Gasteiger partial charge is 0.365 e. The van der Waals surface area contributed by atoms with Crippen LogP contribution in [0.5, 0.6) is 0 Å². The van der Waals surface area contributed by atoms with Gasteiger partial charge in [-0.25, -0.2) is 17.7 Å². The van der Waals surface area contributed by atoms with Crippen molar-refractivity contribution in [2.24, 2.45) is 0 Å². The van der Waals surface area contributed by atoms with Crippen LogP contribution in [0.4, 0.5) is 8.78 Å². The number of piperidine rings is 1. The monoisotopic (exact) mass is 526 g/mol. The lowest BCUT2D eigenvalue weighted by atomic mass is 9.84. The average Bonchev–Trinajstić information content (AvgIpc) is 3.24. The molecule has 2 aromatic heterocycles. The molecule has 2 atom stereocenters. The molecule has 5 rings (SSSR count). The topological polar surface area (TPSA) is 67.4 Å². The molecule has 3 aromatic rings. The summed E-state index contributed by atoms with van der Waals surface area (Å²) in [4.78, 5) is 11.3. The molecule has 0 aliphatic carbocycles. The molecule has 0 saturated carbocycles. The van der Waals surface area contributed by atoms with Crippen molar-refractivity contribution < 1.29 is 17.7 Å². The van der Waals surface area contributed by atoms with E-state index in [1.807, 2.05) is 51.4 Å². The number of hydrogen-bond donors (Lipinski definition) is 1. The van der Waals surface area contributed by atoms with Gasteiger partial charge in [-0.3, -0.25) is 14.9 Å². The third-order valence-corrected chi connectivity index (χ3v) is 8.74. The number of nitrogens with zero attached hydrogens (tertiary/aromatic N) is 3. The smallest absolute Gasteiger partial charge is 0.159 e. The predicted molar refractivity (Wildman–Crippen MR) is 139 cm³/mol. The summed E-state index contributed by atoms with van der Waals surface area (Å²) in [5.41, 5.74) is 4.34. The molecule has 1 saturated heterocycles. The Labute approximate surface area is 219 Å². The van der Waals surface area contributed by atoms with Crippen LogP contribution in [0.2, 0.25) is 0 Å². The Morgan fingerprint density at radius 3 is 2.57 bits per heavy atom. The lowest BCUT2D eigenvalue weighted by Crippen LogP contribution is -2.42. The van der Waals surface area contributed by atoms with Crippen molar-refractivity contribution in [2.75, 3.05) is 13.1 Å². The van der Waals surface area contributed by atoms with Crippen LogP contribution in [0, 0.1) is 11.6 Å². The fourth-order valence-electron chi connectivity index (χ4n) is 4.97. The number of aromatic nitrogens is 2. The van der Waals surface area contributed by atoms with E-state index in [1.165, 1.54) is 17.2 Å². The number of pyridine rings is 2. The highest BCUT2D eigenvalue weighted by atomic mass is 32.2. The van der Waals surface area contributed by atoms with Gasteiger partial charge < -0.3 is 4.74 Å². The lowest BCUT2D eigenvalue weighted by molar-refractivity contribution is -0.0800. The Morgan fingerprint density at radius 1 is 1.11 bits per heavy atom. The minimum absolute atomic E-state index is 0.228. The van der Waals surface area contributed by atoms with Crippen molar-refractivity contribution in [3.63, 3.8) is 0 Å². The van der Waals surface area contributed by atoms with E-state index in [0.717, 1.165) is 50.2 Å². The normalized spacial score (nSPS) is 19.1. The first-order valence-electron chi connectivity index (χ1n) is 12.5. The van der Waals surface area contributed by atoms with E-state index < -0.39 is 33.4 Å². The Bertz CT molecular complexity index is 1290. The van der Waals surface area contributed by atoms with Gasteiger partial charge in [0.15, 0.2) is 11.6 Å². The summed E-state index contributed by atoms with van der Waals surface area (Å²) in [6.45, 7) is 8.76. The molecule has 9 heteroatoms. The van der Waals surface area contributed by atoms with Crippen LogP contribution in [0.3, 0.4) is 0 Å². The predicted octanol–water partition coefficient (Wildman–Crippen LogP) is 4.92. The molecule has 2 aliphatic rings. The molecule has 0 bridgehead atoms. The van der Waals surface area contributed by atoms with E-state index >= 15 is 0 Å². The standard InChI is InChI=1S/C28H32F2N4O2S/c1-27(2,3)37(35)33-26(20-5-6-23(29)24(30)14-20)25-7-4-19(15-32-25)17-34-12-9-28(10-13-34)22-16-31-11-8-21(22)18-36-28/h4-8,11,14-16,26,33H,9-10,12-13,17-18H2,1-3H3. The zero-order valence-corrected chi connectivity index (χ0v) is 22.2. The Kier molecular flexibility index (Phi) is 7.24. The molecule has 1 fully saturated rings. The minimum Gasteiger partial charge on any atom is -0.365 e. The van der Waals surface area contributed by atoms with Gasteiger partial charge in [-0.1, -0.05) is 12.1 Å². The molecular formula is C28H32F2N4O2S. The van der Waals surface area contributed by atoms with Crippen molar-refractivity contribution in [3.05, 3.63) is 94.6 Å². The number of fused-ring (bicyclic) bond motifs is 2. The van der Waals surface area contributed by atoms with Crippen LogP contribution in [0.1, 0.15) is 67.6 Å². The fourth-order valence-corrected chi connectivity index (χ4v) is 5.80. The molecule has 6 nitrogen and oxygen atoms in total. The maximum Gasteiger partial charge on any atom is 0.159 e. The van der Waals surface area contributed by atoms with Crippen molar-refractivity contribution >= 4 is 11.0 Å². The molecule has 0 amide bonds. The number of benzene rings is 1. The number of ether oxygens (including phenoxy) is 1. The van der Waals surface area contributed by atoms with Crippen LogP contribution in [-0.2, 0) is 34.5 Å². The van der Waals surface area contributed by atoms with E-state index in [9.17, 15) is 13.0 Å². The molecule has 1 N–H and O–H groups in total. The summed E-state index contributed by atoms with van der Waals surface area (Å²) in [5.74, 6) is -1.87. The summed E-state index contributed by atoms with van der Waals surface area (Å²) >= 11 is 0. The maximum atomic E-state index is 14.0. The molecule has 4 heterocycles. The van der Waals surface area contributed by atoms with Gasteiger partial charge in [-0.2, -0.15) is 0 Å². The lowest BCUT2D eigenvalue weighted by Gasteiger charge is -2.39. The Balaban J connectivity index is 1.28. The van der Waals surface area contributed by atoms with Crippen LogP contribution in [0.15, 0.2) is 55.0 Å². The highest BCUT2D eigenvalue weighted by Gasteiger charge is 2.42. The minimum atomic E-state index is -1.44. The summed E-state index contributed by atoms with van der Waals surface area (Å²) in [6, 6.07) is 8.96. The quantitative estimate of drug-likeness (QED) is 0.494. The summed E-state index contributed by atoms with van der Waals surface area (Å²) in [6.07, 6.45) is 7.40. The second-order valence-corrected chi connectivity index (χ2v) is 12.8. The Morgan fingerprint density at radius 2 is 1.89 bits per heavy atom. The number of likely N-dealkylation sites (tertiary alicyclic amines) is 1. The Hall–Kier alpha value is -2.59. The number of rotatable bonds is 6. The van der Waals surface area contributed by atoms with Gasteiger partial charge in [0.25, 0.3) is 0 Å². The van der Waals surface area contributed by atoms with Gasteiger partial charge in [0, 0.05) is 43.8 Å². The molecule has 1 aromatic carbocycles. The first-order chi connectivity index (χ1) is 17.6. The molecule has 2 unspecified atom stereocenters. The molecule has 2 aliphatic heterocycles. The average molecular weight is 527 g/mol. The molecular weight excluding hydrogens is 494 g/mol. The van der Waals surface area contributed by atoms with Gasteiger partial charge >= 0.3 is 0 Å². The van der Waals surface area contributed by atoms with Crippen molar-refractivity contribution in [2.45, 2.75) is 63.2 Å². The summed E-state index contributed by atoms with van der Waals surface area (Å²) in [7, 11) is -1.44. The summed E-state index contributed by atoms with van der Waals surface area (Å²) < 4.78 is 49.2. The first kappa shape index (κ1) is 26.0. The van der Waals surface area contributed by atoms with Crippen molar-refractivity contribution in [1.29, 1.82) is 0 Å². The van der Waals surface area contributed by atoms with Gasteiger partial charge in [-0.05, 0) is 74.6 Å². The third kappa shape index (κ3) is 5.50. The molecule has 37 heavy (non-hydrogen) atoms. The van der Waals surface area contributed by atoms with E-state index in [0.29, 0.717) is 17.9 Å². The van der Waals surface area contributed by atoms with Crippen LogP contribution in [-0.4, -0.2) is 36.9 Å². The van der Waals surface area contributed by atoms with Gasteiger partial charge in [0.1, 0.15) is 0 Å². The number of hydrogen-bond acceptors (Lipinski definition) is 5. The van der Waals surface area contributed by atoms with E-state index in [-0.39, 0.29) is 5.60 Å². The van der Waals surface area contributed by atoms with Gasteiger partial charge in [-0.15, -0.1) is 0 Å². The summed E-state index contributed by atoms with van der Waals surface area (Å²) in [5, 5.41) is 0. The van der Waals surface area contributed by atoms with E-state index in [4.69, 9.17) is 4.74 Å². The third-order valence-electron chi connectivity index (χ3n) is 7.18.